The maximum absolute atomic E-state index is 14.1. The molecule has 172 valence electrons. The summed E-state index contributed by atoms with van der Waals surface area (Å²) in [6, 6.07) is 11.0. The van der Waals surface area contributed by atoms with Gasteiger partial charge in [0.15, 0.2) is 11.5 Å². The van der Waals surface area contributed by atoms with E-state index in [4.69, 9.17) is 0 Å². The molecule has 0 bridgehead atoms. The van der Waals surface area contributed by atoms with Gasteiger partial charge in [0, 0.05) is 11.6 Å². The molecule has 0 aliphatic heterocycles. The lowest BCUT2D eigenvalue weighted by atomic mass is 10.1. The molecule has 4 aromatic heterocycles. The van der Waals surface area contributed by atoms with Gasteiger partial charge in [-0.3, -0.25) is 9.78 Å². The highest BCUT2D eigenvalue weighted by Gasteiger charge is 2.41. The molecule has 1 aromatic carbocycles. The van der Waals surface area contributed by atoms with E-state index in [9.17, 15) is 23.2 Å². The second kappa shape index (κ2) is 8.34. The van der Waals surface area contributed by atoms with E-state index in [-0.39, 0.29) is 22.8 Å². The zero-order valence-corrected chi connectivity index (χ0v) is 17.5. The number of alkyl halides is 3. The molecule has 1 N–H and O–H groups in total. The fourth-order valence-corrected chi connectivity index (χ4v) is 3.53. The van der Waals surface area contributed by atoms with E-state index in [1.54, 1.807) is 24.3 Å². The summed E-state index contributed by atoms with van der Waals surface area (Å²) in [6.45, 7) is 0. The molecular weight excluding hydrogens is 463 g/mol. The van der Waals surface area contributed by atoms with Crippen molar-refractivity contribution in [3.63, 3.8) is 0 Å². The fraction of sp³-hybridized carbons (Fsp3) is 0.0455. The Labute approximate surface area is 194 Å². The maximum atomic E-state index is 14.1. The lowest BCUT2D eigenvalue weighted by Crippen LogP contribution is -2.21. The predicted octanol–water partition coefficient (Wildman–Crippen LogP) is 3.54. The number of hydrogen-bond donors (Lipinski definition) is 1. The molecule has 1 amide bonds. The van der Waals surface area contributed by atoms with Crippen LogP contribution in [0.3, 0.4) is 0 Å². The summed E-state index contributed by atoms with van der Waals surface area (Å²) in [4.78, 5) is 22.2. The third-order valence-electron chi connectivity index (χ3n) is 4.99. The molecule has 13 heteroatoms. The lowest BCUT2D eigenvalue weighted by Gasteiger charge is -2.14. The standard InChI is InChI=1S/C22H12F3N9O/c23-22(24,25)19-16(12-31-33(19)18-5-1-4-17-15(18)3-2-6-27-17)21(35)32-14-9-13(10-26)20(28-11-14)34-29-7-8-30-34/h1-9,11-12H,(H,32,35). The second-order valence-corrected chi connectivity index (χ2v) is 7.14. The van der Waals surface area contributed by atoms with Crippen molar-refractivity contribution < 1.29 is 18.0 Å². The van der Waals surface area contributed by atoms with Gasteiger partial charge >= 0.3 is 6.18 Å². The van der Waals surface area contributed by atoms with Crippen molar-refractivity contribution in [3.05, 3.63) is 84.2 Å². The van der Waals surface area contributed by atoms with Gasteiger partial charge in [-0.05, 0) is 30.3 Å². The van der Waals surface area contributed by atoms with Gasteiger partial charge in [-0.2, -0.15) is 33.7 Å². The van der Waals surface area contributed by atoms with Crippen LogP contribution in [0.25, 0.3) is 22.4 Å². The first-order valence-electron chi connectivity index (χ1n) is 9.94. The van der Waals surface area contributed by atoms with E-state index in [0.717, 1.165) is 11.0 Å². The van der Waals surface area contributed by atoms with Crippen LogP contribution >= 0.6 is 0 Å². The van der Waals surface area contributed by atoms with Gasteiger partial charge in [0.05, 0.1) is 47.2 Å². The van der Waals surface area contributed by atoms with E-state index in [2.05, 4.69) is 30.6 Å². The molecule has 10 nitrogen and oxygen atoms in total. The van der Waals surface area contributed by atoms with Crippen LogP contribution in [0, 0.1) is 11.3 Å². The number of nitrogens with zero attached hydrogens (tertiary/aromatic N) is 8. The van der Waals surface area contributed by atoms with Crippen LogP contribution < -0.4 is 5.32 Å². The predicted molar refractivity (Wildman–Crippen MR) is 116 cm³/mol. The van der Waals surface area contributed by atoms with Crippen LogP contribution in [-0.4, -0.2) is 40.6 Å². The SMILES string of the molecule is N#Cc1cc(NC(=O)c2cnn(-c3cccc4ncccc34)c2C(F)(F)F)cnc1-n1nccn1. The zero-order valence-electron chi connectivity index (χ0n) is 17.5. The summed E-state index contributed by atoms with van der Waals surface area (Å²) in [5, 5.41) is 23.8. The number of carbonyl (C=O) groups is 1. The van der Waals surface area contributed by atoms with Crippen LogP contribution in [0.1, 0.15) is 21.6 Å². The summed E-state index contributed by atoms with van der Waals surface area (Å²) >= 11 is 0. The smallest absolute Gasteiger partial charge is 0.320 e. The summed E-state index contributed by atoms with van der Waals surface area (Å²) in [5.41, 5.74) is -1.34. The number of nitrogens with one attached hydrogen (secondary N) is 1. The van der Waals surface area contributed by atoms with Crippen molar-refractivity contribution in [1.29, 1.82) is 5.26 Å². The number of hydrogen-bond acceptors (Lipinski definition) is 7. The molecule has 0 aliphatic rings. The molecule has 35 heavy (non-hydrogen) atoms. The number of carbonyl (C=O) groups excluding carboxylic acids is 1. The molecule has 4 heterocycles. The minimum atomic E-state index is -4.90. The number of nitriles is 1. The molecular formula is C22H12F3N9O. The van der Waals surface area contributed by atoms with Crippen molar-refractivity contribution in [2.45, 2.75) is 6.18 Å². The minimum Gasteiger partial charge on any atom is -0.320 e. The second-order valence-electron chi connectivity index (χ2n) is 7.14. The van der Waals surface area contributed by atoms with Gasteiger partial charge in [0.2, 0.25) is 0 Å². The maximum Gasteiger partial charge on any atom is 0.434 e. The number of benzene rings is 1. The quantitative estimate of drug-likeness (QED) is 0.421. The van der Waals surface area contributed by atoms with Crippen LogP contribution in [0.5, 0.6) is 0 Å². The lowest BCUT2D eigenvalue weighted by molar-refractivity contribution is -0.143. The summed E-state index contributed by atoms with van der Waals surface area (Å²) in [6.07, 6.45) is 1.43. The van der Waals surface area contributed by atoms with Crippen molar-refractivity contribution in [2.75, 3.05) is 5.32 Å². The number of anilines is 1. The van der Waals surface area contributed by atoms with Crippen LogP contribution in [0.2, 0.25) is 0 Å². The molecule has 5 aromatic rings. The third-order valence-corrected chi connectivity index (χ3v) is 4.99. The van der Waals surface area contributed by atoms with E-state index in [1.165, 1.54) is 36.9 Å². The molecule has 0 fully saturated rings. The van der Waals surface area contributed by atoms with Gasteiger partial charge in [0.25, 0.3) is 5.91 Å². The topological polar surface area (TPSA) is 127 Å². The first kappa shape index (κ1) is 21.7. The molecule has 0 unspecified atom stereocenters. The molecule has 0 saturated heterocycles. The Kier molecular flexibility index (Phi) is 5.17. The monoisotopic (exact) mass is 475 g/mol. The summed E-state index contributed by atoms with van der Waals surface area (Å²) in [5.74, 6) is -0.971. The van der Waals surface area contributed by atoms with Crippen molar-refractivity contribution in [3.8, 4) is 17.6 Å². The number of amides is 1. The highest BCUT2D eigenvalue weighted by atomic mass is 19.4. The Hall–Kier alpha value is -5.12. The Balaban J connectivity index is 1.54. The number of halogens is 3. The Morgan fingerprint density at radius 1 is 1.00 bits per heavy atom. The molecule has 5 rings (SSSR count). The average Bonchev–Trinajstić information content (AvgIpc) is 3.54. The van der Waals surface area contributed by atoms with E-state index in [1.807, 2.05) is 6.07 Å². The summed E-state index contributed by atoms with van der Waals surface area (Å²) < 4.78 is 43.1. The average molecular weight is 475 g/mol. The van der Waals surface area contributed by atoms with Gasteiger partial charge in [-0.25, -0.2) is 9.67 Å². The number of aromatic nitrogens is 7. The molecule has 0 radical (unpaired) electrons. The van der Waals surface area contributed by atoms with Gasteiger partial charge in [0.1, 0.15) is 11.6 Å². The summed E-state index contributed by atoms with van der Waals surface area (Å²) in [7, 11) is 0. The molecule has 0 saturated carbocycles. The number of pyridine rings is 2. The van der Waals surface area contributed by atoms with Crippen LogP contribution in [0.15, 0.2) is 67.4 Å². The molecule has 0 aliphatic carbocycles. The Bertz CT molecular complexity index is 1600. The first-order chi connectivity index (χ1) is 16.9. The van der Waals surface area contributed by atoms with Gasteiger partial charge in [-0.1, -0.05) is 6.07 Å². The molecule has 0 spiro atoms. The molecule has 0 atom stereocenters. The van der Waals surface area contributed by atoms with E-state index in [0.29, 0.717) is 15.6 Å². The van der Waals surface area contributed by atoms with Gasteiger partial charge in [-0.15, -0.1) is 4.80 Å². The van der Waals surface area contributed by atoms with Crippen LogP contribution in [0.4, 0.5) is 18.9 Å². The highest BCUT2D eigenvalue weighted by molar-refractivity contribution is 6.05. The zero-order chi connectivity index (χ0) is 24.6. The van der Waals surface area contributed by atoms with E-state index >= 15 is 0 Å². The minimum absolute atomic E-state index is 0.00833. The number of fused-ring (bicyclic) bond motifs is 1. The number of rotatable bonds is 4. The van der Waals surface area contributed by atoms with Crippen molar-refractivity contribution >= 4 is 22.5 Å². The highest BCUT2D eigenvalue weighted by Crippen LogP contribution is 2.35. The Morgan fingerprint density at radius 3 is 2.54 bits per heavy atom. The Morgan fingerprint density at radius 2 is 1.80 bits per heavy atom. The largest absolute Gasteiger partial charge is 0.434 e. The van der Waals surface area contributed by atoms with Crippen molar-refractivity contribution in [2.24, 2.45) is 0 Å². The first-order valence-corrected chi connectivity index (χ1v) is 9.94. The van der Waals surface area contributed by atoms with Crippen molar-refractivity contribution in [1.82, 2.24) is 34.7 Å². The van der Waals surface area contributed by atoms with E-state index < -0.39 is 23.3 Å². The fourth-order valence-electron chi connectivity index (χ4n) is 3.53. The van der Waals surface area contributed by atoms with Crippen LogP contribution in [-0.2, 0) is 6.18 Å². The third kappa shape index (κ3) is 3.93. The van der Waals surface area contributed by atoms with Gasteiger partial charge < -0.3 is 5.32 Å². The normalized spacial score (nSPS) is 11.4.